The van der Waals surface area contributed by atoms with Crippen molar-refractivity contribution < 1.29 is 5.11 Å². The van der Waals surface area contributed by atoms with Crippen molar-refractivity contribution in [1.29, 1.82) is 0 Å². The summed E-state index contributed by atoms with van der Waals surface area (Å²) in [7, 11) is 6.05. The molecule has 1 N–H and O–H groups in total. The summed E-state index contributed by atoms with van der Waals surface area (Å²) in [6, 6.07) is 5.66. The fourth-order valence-corrected chi connectivity index (χ4v) is 2.00. The maximum absolute atomic E-state index is 9.77. The van der Waals surface area contributed by atoms with Gasteiger partial charge in [-0.25, -0.2) is 0 Å². The van der Waals surface area contributed by atoms with Crippen molar-refractivity contribution >= 4 is 10.9 Å². The van der Waals surface area contributed by atoms with Crippen molar-refractivity contribution in [3.63, 3.8) is 0 Å². The molecule has 0 radical (unpaired) electrons. The van der Waals surface area contributed by atoms with Gasteiger partial charge in [-0.05, 0) is 25.7 Å². The van der Waals surface area contributed by atoms with Gasteiger partial charge in [0.15, 0.2) is 0 Å². The van der Waals surface area contributed by atoms with E-state index in [9.17, 15) is 5.11 Å². The summed E-state index contributed by atoms with van der Waals surface area (Å²) in [4.78, 5) is 2.12. The van der Waals surface area contributed by atoms with Crippen LogP contribution in [-0.4, -0.2) is 28.7 Å². The molecule has 0 aliphatic heterocycles. The van der Waals surface area contributed by atoms with Gasteiger partial charge in [0, 0.05) is 25.2 Å². The molecule has 1 heterocycles. The second-order valence-corrected chi connectivity index (χ2v) is 4.18. The van der Waals surface area contributed by atoms with Gasteiger partial charge in [-0.2, -0.15) is 0 Å². The summed E-state index contributed by atoms with van der Waals surface area (Å²) in [6.07, 6.45) is 2.07. The quantitative estimate of drug-likeness (QED) is 0.809. The van der Waals surface area contributed by atoms with E-state index in [1.54, 1.807) is 6.07 Å². The molecule has 1 aromatic carbocycles. The first-order chi connectivity index (χ1) is 7.09. The Morgan fingerprint density at radius 2 is 2.07 bits per heavy atom. The van der Waals surface area contributed by atoms with Gasteiger partial charge in [0.2, 0.25) is 0 Å². The number of aromatic hydroxyl groups is 1. The summed E-state index contributed by atoms with van der Waals surface area (Å²) >= 11 is 0. The molecule has 0 aliphatic rings. The highest BCUT2D eigenvalue weighted by Gasteiger charge is 2.09. The third-order valence-corrected chi connectivity index (χ3v) is 2.55. The summed E-state index contributed by atoms with van der Waals surface area (Å²) in [5, 5.41) is 10.9. The van der Waals surface area contributed by atoms with Gasteiger partial charge in [0.25, 0.3) is 0 Å². The Kier molecular flexibility index (Phi) is 2.40. The first-order valence-corrected chi connectivity index (χ1v) is 5.00. The molecule has 0 saturated carbocycles. The average Bonchev–Trinajstić information content (AvgIpc) is 2.44. The van der Waals surface area contributed by atoms with E-state index < -0.39 is 0 Å². The van der Waals surface area contributed by atoms with Crippen molar-refractivity contribution in [2.45, 2.75) is 6.54 Å². The summed E-state index contributed by atoms with van der Waals surface area (Å²) in [5.74, 6) is 0.347. The predicted molar refractivity (Wildman–Crippen MR) is 62.0 cm³/mol. The number of fused-ring (bicyclic) bond motifs is 1. The van der Waals surface area contributed by atoms with Gasteiger partial charge in [-0.15, -0.1) is 0 Å². The highest BCUT2D eigenvalue weighted by Crippen LogP contribution is 2.28. The predicted octanol–water partition coefficient (Wildman–Crippen LogP) is 1.95. The van der Waals surface area contributed by atoms with E-state index in [4.69, 9.17) is 0 Å². The lowest BCUT2D eigenvalue weighted by molar-refractivity contribution is 0.404. The van der Waals surface area contributed by atoms with Gasteiger partial charge in [0.05, 0.1) is 5.52 Å². The van der Waals surface area contributed by atoms with Crippen molar-refractivity contribution in [3.8, 4) is 5.75 Å². The number of aryl methyl sites for hydroxylation is 1. The molecule has 0 spiro atoms. The number of rotatable bonds is 2. The average molecular weight is 204 g/mol. The van der Waals surface area contributed by atoms with Crippen LogP contribution in [0.5, 0.6) is 5.75 Å². The number of hydrogen-bond acceptors (Lipinski definition) is 2. The van der Waals surface area contributed by atoms with E-state index in [1.807, 2.05) is 37.8 Å². The second kappa shape index (κ2) is 3.59. The lowest BCUT2D eigenvalue weighted by atomic mass is 10.1. The zero-order valence-electron chi connectivity index (χ0n) is 9.36. The summed E-state index contributed by atoms with van der Waals surface area (Å²) in [5.41, 5.74) is 2.16. The molecular weight excluding hydrogens is 188 g/mol. The molecule has 0 atom stereocenters. The molecule has 15 heavy (non-hydrogen) atoms. The lowest BCUT2D eigenvalue weighted by Crippen LogP contribution is -2.10. The number of nitrogens with zero attached hydrogens (tertiary/aromatic N) is 2. The number of aromatic nitrogens is 1. The van der Waals surface area contributed by atoms with Gasteiger partial charge in [-0.3, -0.25) is 0 Å². The van der Waals surface area contributed by atoms with Crippen LogP contribution in [0.25, 0.3) is 10.9 Å². The smallest absolute Gasteiger partial charge is 0.139 e. The van der Waals surface area contributed by atoms with E-state index in [0.29, 0.717) is 5.75 Å². The van der Waals surface area contributed by atoms with Crippen molar-refractivity contribution in [1.82, 2.24) is 9.47 Å². The van der Waals surface area contributed by atoms with Gasteiger partial charge < -0.3 is 14.6 Å². The Balaban J connectivity index is 2.63. The minimum atomic E-state index is 0.347. The molecule has 0 saturated heterocycles. The van der Waals surface area contributed by atoms with Crippen LogP contribution < -0.4 is 0 Å². The monoisotopic (exact) mass is 204 g/mol. The molecule has 0 amide bonds. The van der Waals surface area contributed by atoms with Crippen LogP contribution in [0.4, 0.5) is 0 Å². The zero-order chi connectivity index (χ0) is 11.0. The van der Waals surface area contributed by atoms with Crippen LogP contribution in [-0.2, 0) is 13.6 Å². The fourth-order valence-electron chi connectivity index (χ4n) is 2.00. The first kappa shape index (κ1) is 10.1. The summed E-state index contributed by atoms with van der Waals surface area (Å²) < 4.78 is 1.98. The Bertz CT molecular complexity index is 486. The van der Waals surface area contributed by atoms with Crippen LogP contribution in [0, 0.1) is 0 Å². The maximum Gasteiger partial charge on any atom is 0.139 e. The standard InChI is InChI=1S/C12H16N2O/c1-13(2)7-9-8-14(3)12-10(9)5-4-6-11(12)15/h4-6,8,15H,7H2,1-3H3. The van der Waals surface area contributed by atoms with Gasteiger partial charge in [0.1, 0.15) is 5.75 Å². The van der Waals surface area contributed by atoms with E-state index in [0.717, 1.165) is 17.4 Å². The number of para-hydroxylation sites is 1. The molecule has 2 aromatic rings. The SMILES string of the molecule is CN(C)Cc1cn(C)c2c(O)cccc12. The van der Waals surface area contributed by atoms with Gasteiger partial charge in [-0.1, -0.05) is 12.1 Å². The molecule has 3 heteroatoms. The minimum Gasteiger partial charge on any atom is -0.506 e. The molecule has 80 valence electrons. The minimum absolute atomic E-state index is 0.347. The number of phenolic OH excluding ortho intramolecular Hbond substituents is 1. The Labute approximate surface area is 89.5 Å². The second-order valence-electron chi connectivity index (χ2n) is 4.18. The zero-order valence-corrected chi connectivity index (χ0v) is 9.36. The van der Waals surface area contributed by atoms with Crippen molar-refractivity contribution in [2.75, 3.05) is 14.1 Å². The van der Waals surface area contributed by atoms with Crippen molar-refractivity contribution in [3.05, 3.63) is 30.0 Å². The molecule has 3 nitrogen and oxygen atoms in total. The molecular formula is C12H16N2O. The fraction of sp³-hybridized carbons (Fsp3) is 0.333. The Hall–Kier alpha value is -1.48. The molecule has 0 aliphatic carbocycles. The highest BCUT2D eigenvalue weighted by atomic mass is 16.3. The third-order valence-electron chi connectivity index (χ3n) is 2.55. The maximum atomic E-state index is 9.77. The third kappa shape index (κ3) is 1.70. The van der Waals surface area contributed by atoms with E-state index in [1.165, 1.54) is 5.56 Å². The topological polar surface area (TPSA) is 28.4 Å². The molecule has 0 unspecified atom stereocenters. The van der Waals surface area contributed by atoms with Crippen LogP contribution >= 0.6 is 0 Å². The number of hydrogen-bond donors (Lipinski definition) is 1. The van der Waals surface area contributed by atoms with Crippen LogP contribution in [0.1, 0.15) is 5.56 Å². The molecule has 2 rings (SSSR count). The van der Waals surface area contributed by atoms with Crippen LogP contribution in [0.2, 0.25) is 0 Å². The van der Waals surface area contributed by atoms with Crippen LogP contribution in [0.3, 0.4) is 0 Å². The summed E-state index contributed by atoms with van der Waals surface area (Å²) in [6.45, 7) is 0.890. The number of phenols is 1. The Morgan fingerprint density at radius 3 is 2.73 bits per heavy atom. The highest BCUT2D eigenvalue weighted by molar-refractivity contribution is 5.88. The molecule has 1 aromatic heterocycles. The Morgan fingerprint density at radius 1 is 1.33 bits per heavy atom. The first-order valence-electron chi connectivity index (χ1n) is 5.00. The van der Waals surface area contributed by atoms with E-state index in [2.05, 4.69) is 11.1 Å². The number of benzene rings is 1. The van der Waals surface area contributed by atoms with E-state index in [-0.39, 0.29) is 0 Å². The molecule has 0 bridgehead atoms. The van der Waals surface area contributed by atoms with Gasteiger partial charge >= 0.3 is 0 Å². The largest absolute Gasteiger partial charge is 0.506 e. The van der Waals surface area contributed by atoms with E-state index >= 15 is 0 Å². The van der Waals surface area contributed by atoms with Crippen molar-refractivity contribution in [2.24, 2.45) is 7.05 Å². The normalized spacial score (nSPS) is 11.5. The molecule has 0 fully saturated rings. The lowest BCUT2D eigenvalue weighted by Gasteiger charge is -2.07. The van der Waals surface area contributed by atoms with Crippen LogP contribution in [0.15, 0.2) is 24.4 Å².